The highest BCUT2D eigenvalue weighted by Crippen LogP contribution is 2.31. The SMILES string of the molecule is O=C1CCSc2ccc(C(=O)Nc3ccc(NCC4CCCC4)cc3)cc2N1. The van der Waals surface area contributed by atoms with Gasteiger partial charge in [0.2, 0.25) is 5.91 Å². The second-order valence-electron chi connectivity index (χ2n) is 7.42. The van der Waals surface area contributed by atoms with Gasteiger partial charge in [-0.25, -0.2) is 0 Å². The Morgan fingerprint density at radius 2 is 1.82 bits per heavy atom. The molecule has 0 bridgehead atoms. The zero-order chi connectivity index (χ0) is 19.3. The van der Waals surface area contributed by atoms with E-state index in [-0.39, 0.29) is 11.8 Å². The normalized spacial score (nSPS) is 16.8. The van der Waals surface area contributed by atoms with Crippen LogP contribution in [0.15, 0.2) is 47.4 Å². The van der Waals surface area contributed by atoms with Crippen molar-refractivity contribution >= 4 is 40.6 Å². The Morgan fingerprint density at radius 1 is 1.07 bits per heavy atom. The van der Waals surface area contributed by atoms with E-state index in [4.69, 9.17) is 0 Å². The number of carbonyl (C=O) groups excluding carboxylic acids is 2. The van der Waals surface area contributed by atoms with E-state index in [9.17, 15) is 9.59 Å². The molecule has 2 aromatic carbocycles. The van der Waals surface area contributed by atoms with Gasteiger partial charge in [0.1, 0.15) is 0 Å². The average molecular weight is 396 g/mol. The number of rotatable bonds is 5. The summed E-state index contributed by atoms with van der Waals surface area (Å²) < 4.78 is 0. The highest BCUT2D eigenvalue weighted by molar-refractivity contribution is 7.99. The number of amides is 2. The maximum absolute atomic E-state index is 12.6. The predicted molar refractivity (Wildman–Crippen MR) is 115 cm³/mol. The third kappa shape index (κ3) is 4.68. The Hall–Kier alpha value is -2.47. The van der Waals surface area contributed by atoms with Crippen molar-refractivity contribution in [1.82, 2.24) is 0 Å². The fourth-order valence-corrected chi connectivity index (χ4v) is 4.65. The summed E-state index contributed by atoms with van der Waals surface area (Å²) in [6, 6.07) is 13.3. The van der Waals surface area contributed by atoms with Crippen LogP contribution in [0.25, 0.3) is 0 Å². The highest BCUT2D eigenvalue weighted by Gasteiger charge is 2.16. The molecule has 146 valence electrons. The lowest BCUT2D eigenvalue weighted by atomic mass is 10.1. The van der Waals surface area contributed by atoms with E-state index >= 15 is 0 Å². The number of thioether (sulfide) groups is 1. The molecule has 2 aromatic rings. The molecule has 28 heavy (non-hydrogen) atoms. The van der Waals surface area contributed by atoms with Gasteiger partial charge in [0.25, 0.3) is 5.91 Å². The molecule has 1 aliphatic carbocycles. The number of hydrogen-bond acceptors (Lipinski definition) is 4. The van der Waals surface area contributed by atoms with Crippen LogP contribution in [0.1, 0.15) is 42.5 Å². The van der Waals surface area contributed by atoms with Gasteiger partial charge < -0.3 is 16.0 Å². The molecule has 0 atom stereocenters. The lowest BCUT2D eigenvalue weighted by Crippen LogP contribution is -2.14. The molecule has 5 nitrogen and oxygen atoms in total. The van der Waals surface area contributed by atoms with Crippen molar-refractivity contribution in [2.75, 3.05) is 28.2 Å². The molecule has 1 aliphatic heterocycles. The summed E-state index contributed by atoms with van der Waals surface area (Å²) in [5.41, 5.74) is 3.08. The van der Waals surface area contributed by atoms with Gasteiger partial charge in [-0.15, -0.1) is 11.8 Å². The summed E-state index contributed by atoms with van der Waals surface area (Å²) in [6.45, 7) is 1.02. The molecule has 4 rings (SSSR count). The van der Waals surface area contributed by atoms with Crippen LogP contribution in [0.5, 0.6) is 0 Å². The van der Waals surface area contributed by atoms with Crippen molar-refractivity contribution in [1.29, 1.82) is 0 Å². The van der Waals surface area contributed by atoms with Crippen molar-refractivity contribution in [3.8, 4) is 0 Å². The molecule has 1 fully saturated rings. The van der Waals surface area contributed by atoms with Crippen LogP contribution in [-0.4, -0.2) is 24.1 Å². The number of hydrogen-bond donors (Lipinski definition) is 3. The lowest BCUT2D eigenvalue weighted by molar-refractivity contribution is -0.115. The second-order valence-corrected chi connectivity index (χ2v) is 8.56. The van der Waals surface area contributed by atoms with E-state index in [1.807, 2.05) is 30.3 Å². The van der Waals surface area contributed by atoms with Crippen LogP contribution in [0, 0.1) is 5.92 Å². The molecule has 2 amide bonds. The molecule has 0 saturated heterocycles. The summed E-state index contributed by atoms with van der Waals surface area (Å²) in [6.07, 6.45) is 5.83. The van der Waals surface area contributed by atoms with E-state index in [1.54, 1.807) is 23.9 Å². The molecule has 0 unspecified atom stereocenters. The molecule has 3 N–H and O–H groups in total. The second kappa shape index (κ2) is 8.69. The minimum absolute atomic E-state index is 0.00972. The van der Waals surface area contributed by atoms with Gasteiger partial charge in [-0.3, -0.25) is 9.59 Å². The van der Waals surface area contributed by atoms with Crippen LogP contribution in [0.2, 0.25) is 0 Å². The molecule has 6 heteroatoms. The first-order valence-electron chi connectivity index (χ1n) is 9.89. The van der Waals surface area contributed by atoms with Crippen LogP contribution >= 0.6 is 11.8 Å². The number of nitrogens with one attached hydrogen (secondary N) is 3. The summed E-state index contributed by atoms with van der Waals surface area (Å²) in [5, 5.41) is 9.30. The number of fused-ring (bicyclic) bond motifs is 1. The average Bonchev–Trinajstić information content (AvgIpc) is 3.15. The summed E-state index contributed by atoms with van der Waals surface area (Å²) in [4.78, 5) is 25.4. The lowest BCUT2D eigenvalue weighted by Gasteiger charge is -2.13. The Morgan fingerprint density at radius 3 is 2.61 bits per heavy atom. The topological polar surface area (TPSA) is 70.2 Å². The van der Waals surface area contributed by atoms with Crippen LogP contribution in [0.4, 0.5) is 17.1 Å². The molecule has 1 saturated carbocycles. The fraction of sp³-hybridized carbons (Fsp3) is 0.364. The van der Waals surface area contributed by atoms with E-state index in [2.05, 4.69) is 16.0 Å². The van der Waals surface area contributed by atoms with Crippen LogP contribution in [0.3, 0.4) is 0 Å². The first kappa shape index (κ1) is 18.9. The summed E-state index contributed by atoms with van der Waals surface area (Å²) >= 11 is 1.63. The Kier molecular flexibility index (Phi) is 5.86. The molecule has 0 aromatic heterocycles. The third-order valence-electron chi connectivity index (χ3n) is 5.31. The number of benzene rings is 2. The molecule has 0 spiro atoms. The van der Waals surface area contributed by atoms with Gasteiger partial charge in [-0.05, 0) is 61.2 Å². The molecule has 0 radical (unpaired) electrons. The predicted octanol–water partition coefficient (Wildman–Crippen LogP) is 4.98. The van der Waals surface area contributed by atoms with Crippen molar-refractivity contribution in [2.24, 2.45) is 5.92 Å². The Bertz CT molecular complexity index is 861. The largest absolute Gasteiger partial charge is 0.385 e. The van der Waals surface area contributed by atoms with Crippen LogP contribution < -0.4 is 16.0 Å². The maximum Gasteiger partial charge on any atom is 0.255 e. The third-order valence-corrected chi connectivity index (χ3v) is 6.39. The molecule has 2 aliphatic rings. The minimum Gasteiger partial charge on any atom is -0.385 e. The fourth-order valence-electron chi connectivity index (χ4n) is 3.71. The van der Waals surface area contributed by atoms with Gasteiger partial charge in [-0.1, -0.05) is 12.8 Å². The summed E-state index contributed by atoms with van der Waals surface area (Å²) in [7, 11) is 0. The van der Waals surface area contributed by atoms with E-state index in [1.165, 1.54) is 25.7 Å². The molecule has 1 heterocycles. The van der Waals surface area contributed by atoms with Crippen LogP contribution in [-0.2, 0) is 4.79 Å². The van der Waals surface area contributed by atoms with Gasteiger partial charge in [0, 0.05) is 40.6 Å². The maximum atomic E-state index is 12.6. The first-order valence-corrected chi connectivity index (χ1v) is 10.9. The highest BCUT2D eigenvalue weighted by atomic mass is 32.2. The van der Waals surface area contributed by atoms with Gasteiger partial charge in [0.05, 0.1) is 5.69 Å². The molecular formula is C22H25N3O2S. The first-order chi connectivity index (χ1) is 13.7. The van der Waals surface area contributed by atoms with Gasteiger partial charge in [-0.2, -0.15) is 0 Å². The zero-order valence-electron chi connectivity index (χ0n) is 15.8. The monoisotopic (exact) mass is 395 g/mol. The number of anilines is 3. The molecular weight excluding hydrogens is 370 g/mol. The van der Waals surface area contributed by atoms with E-state index < -0.39 is 0 Å². The Balaban J connectivity index is 1.37. The number of carbonyl (C=O) groups is 2. The zero-order valence-corrected chi connectivity index (χ0v) is 16.6. The van der Waals surface area contributed by atoms with E-state index in [0.29, 0.717) is 17.7 Å². The van der Waals surface area contributed by atoms with Gasteiger partial charge >= 0.3 is 0 Å². The van der Waals surface area contributed by atoms with Crippen molar-refractivity contribution < 1.29 is 9.59 Å². The van der Waals surface area contributed by atoms with Crippen molar-refractivity contribution in [3.63, 3.8) is 0 Å². The Labute approximate surface area is 169 Å². The van der Waals surface area contributed by atoms with Gasteiger partial charge in [0.15, 0.2) is 0 Å². The standard InChI is InChI=1S/C22H25N3O2S/c26-21-11-12-28-20-10-5-16(13-19(20)25-21)22(27)24-18-8-6-17(7-9-18)23-14-15-3-1-2-4-15/h5-10,13,15,23H,1-4,11-12,14H2,(H,24,27)(H,25,26). The van der Waals surface area contributed by atoms with Crippen molar-refractivity contribution in [3.05, 3.63) is 48.0 Å². The smallest absolute Gasteiger partial charge is 0.255 e. The minimum atomic E-state index is -0.182. The van der Waals surface area contributed by atoms with Crippen molar-refractivity contribution in [2.45, 2.75) is 37.0 Å². The van der Waals surface area contributed by atoms with E-state index in [0.717, 1.165) is 34.5 Å². The quantitative estimate of drug-likeness (QED) is 0.668. The summed E-state index contributed by atoms with van der Waals surface area (Å²) in [5.74, 6) is 1.35.